The summed E-state index contributed by atoms with van der Waals surface area (Å²) in [6.45, 7) is 1.52. The molecule has 0 unspecified atom stereocenters. The van der Waals surface area contributed by atoms with Crippen LogP contribution in [-0.2, 0) is 13.6 Å². The largest absolute Gasteiger partial charge is 0.370 e. The van der Waals surface area contributed by atoms with E-state index in [1.165, 1.54) is 23.0 Å². The zero-order valence-electron chi connectivity index (χ0n) is 19.3. The third-order valence-corrected chi connectivity index (χ3v) is 6.80. The van der Waals surface area contributed by atoms with Crippen molar-refractivity contribution < 1.29 is 4.39 Å². The molecule has 1 saturated heterocycles. The number of rotatable bonds is 4. The van der Waals surface area contributed by atoms with Crippen LogP contribution in [0.1, 0.15) is 29.7 Å². The quantitative estimate of drug-likeness (QED) is 0.434. The van der Waals surface area contributed by atoms with Crippen LogP contribution in [-0.4, -0.2) is 33.1 Å². The summed E-state index contributed by atoms with van der Waals surface area (Å²) in [6, 6.07) is 8.94. The predicted molar refractivity (Wildman–Crippen MR) is 134 cm³/mol. The average molecular weight is 503 g/mol. The van der Waals surface area contributed by atoms with E-state index in [9.17, 15) is 15.3 Å². The molecule has 9 nitrogen and oxygen atoms in total. The summed E-state index contributed by atoms with van der Waals surface area (Å²) in [6.07, 6.45) is 3.46. The highest BCUT2D eigenvalue weighted by Crippen LogP contribution is 2.42. The Balaban J connectivity index is 1.83. The van der Waals surface area contributed by atoms with Gasteiger partial charge in [0.25, 0.3) is 5.56 Å². The van der Waals surface area contributed by atoms with Gasteiger partial charge in [0.15, 0.2) is 5.82 Å². The molecule has 11 heteroatoms. The van der Waals surface area contributed by atoms with Gasteiger partial charge in [-0.2, -0.15) is 20.7 Å². The molecule has 3 N–H and O–H groups in total. The van der Waals surface area contributed by atoms with Gasteiger partial charge in [-0.1, -0.05) is 11.6 Å². The molecule has 0 radical (unpaired) electrons. The van der Waals surface area contributed by atoms with Gasteiger partial charge in [0.1, 0.15) is 12.1 Å². The van der Waals surface area contributed by atoms with Gasteiger partial charge in [-0.05, 0) is 36.6 Å². The Hall–Kier alpha value is -4.25. The van der Waals surface area contributed by atoms with E-state index >= 15 is 4.39 Å². The van der Waals surface area contributed by atoms with Gasteiger partial charge in [-0.15, -0.1) is 0 Å². The molecular weight excluding hydrogens is 483 g/mol. The summed E-state index contributed by atoms with van der Waals surface area (Å²) in [7, 11) is 1.64. The van der Waals surface area contributed by atoms with E-state index in [1.54, 1.807) is 13.1 Å². The van der Waals surface area contributed by atoms with Crippen LogP contribution in [0.2, 0.25) is 5.02 Å². The Bertz CT molecular complexity index is 1670. The van der Waals surface area contributed by atoms with Crippen molar-refractivity contribution >= 4 is 28.1 Å². The molecular formula is C25H20ClFN8O. The number of aromatic nitrogens is 4. The average Bonchev–Trinajstić information content (AvgIpc) is 3.55. The first kappa shape index (κ1) is 23.5. The molecule has 0 aliphatic carbocycles. The molecule has 1 aliphatic heterocycles. The Morgan fingerprint density at radius 3 is 2.64 bits per heavy atom. The number of aromatic amines is 1. The second kappa shape index (κ2) is 9.08. The van der Waals surface area contributed by atoms with Gasteiger partial charge in [0.05, 0.1) is 50.4 Å². The maximum atomic E-state index is 15.7. The van der Waals surface area contributed by atoms with Crippen molar-refractivity contribution in [1.29, 1.82) is 10.5 Å². The number of H-pyrrole nitrogens is 1. The van der Waals surface area contributed by atoms with Crippen molar-refractivity contribution in [2.24, 2.45) is 12.8 Å². The van der Waals surface area contributed by atoms with E-state index in [4.69, 9.17) is 17.3 Å². The van der Waals surface area contributed by atoms with Crippen molar-refractivity contribution in [3.05, 3.63) is 62.4 Å². The van der Waals surface area contributed by atoms with Crippen molar-refractivity contribution in [2.75, 3.05) is 18.0 Å². The van der Waals surface area contributed by atoms with Gasteiger partial charge >= 0.3 is 0 Å². The predicted octanol–water partition coefficient (Wildman–Crippen LogP) is 3.59. The zero-order chi connectivity index (χ0) is 25.6. The third-order valence-electron chi connectivity index (χ3n) is 6.53. The number of nitrogens with one attached hydrogen (secondary N) is 1. The van der Waals surface area contributed by atoms with Crippen LogP contribution in [0.4, 0.5) is 10.1 Å². The highest BCUT2D eigenvalue weighted by Gasteiger charge is 2.28. The van der Waals surface area contributed by atoms with E-state index in [-0.39, 0.29) is 33.6 Å². The molecule has 4 aromatic rings. The Morgan fingerprint density at radius 1 is 1.22 bits per heavy atom. The molecule has 2 aromatic carbocycles. The Kier molecular flexibility index (Phi) is 5.92. The van der Waals surface area contributed by atoms with Gasteiger partial charge in [0.2, 0.25) is 0 Å². The number of aryl methyl sites for hydroxylation is 1. The molecule has 0 spiro atoms. The number of fused-ring (bicyclic) bond motifs is 1. The highest BCUT2D eigenvalue weighted by molar-refractivity contribution is 6.31. The van der Waals surface area contributed by atoms with Crippen LogP contribution in [0.5, 0.6) is 0 Å². The summed E-state index contributed by atoms with van der Waals surface area (Å²) >= 11 is 6.33. The number of nitrogens with two attached hydrogens (primary N) is 1. The lowest BCUT2D eigenvalue weighted by atomic mass is 9.93. The smallest absolute Gasteiger partial charge is 0.273 e. The van der Waals surface area contributed by atoms with Gasteiger partial charge in [0, 0.05) is 37.6 Å². The van der Waals surface area contributed by atoms with Crippen molar-refractivity contribution in [2.45, 2.75) is 19.4 Å². The molecule has 1 aliphatic rings. The van der Waals surface area contributed by atoms with Crippen molar-refractivity contribution in [3.8, 4) is 34.5 Å². The topological polar surface area (TPSA) is 140 Å². The molecule has 3 heterocycles. The Morgan fingerprint density at radius 2 is 1.97 bits per heavy atom. The highest BCUT2D eigenvalue weighted by atomic mass is 35.5. The molecule has 0 amide bonds. The lowest BCUT2D eigenvalue weighted by molar-refractivity contribution is 0.628. The molecule has 2 aromatic heterocycles. The molecule has 36 heavy (non-hydrogen) atoms. The van der Waals surface area contributed by atoms with Crippen LogP contribution in [0.15, 0.2) is 29.2 Å². The normalized spacial score (nSPS) is 13.2. The fraction of sp³-hybridized carbons (Fsp3) is 0.240. The fourth-order valence-electron chi connectivity index (χ4n) is 4.85. The summed E-state index contributed by atoms with van der Waals surface area (Å²) < 4.78 is 17.1. The Labute approximate surface area is 210 Å². The van der Waals surface area contributed by atoms with Crippen LogP contribution in [0.25, 0.3) is 33.2 Å². The van der Waals surface area contributed by atoms with Gasteiger partial charge in [-0.3, -0.25) is 9.48 Å². The number of benzene rings is 2. The number of nitrogens with zero attached hydrogens (tertiary/aromatic N) is 6. The third kappa shape index (κ3) is 3.59. The van der Waals surface area contributed by atoms with Crippen LogP contribution in [0, 0.1) is 28.5 Å². The minimum Gasteiger partial charge on any atom is -0.370 e. The minimum absolute atomic E-state index is 0.0300. The maximum absolute atomic E-state index is 15.7. The van der Waals surface area contributed by atoms with E-state index in [0.29, 0.717) is 33.6 Å². The first-order chi connectivity index (χ1) is 17.4. The number of anilines is 1. The maximum Gasteiger partial charge on any atom is 0.273 e. The molecule has 1 fully saturated rings. The van der Waals surface area contributed by atoms with E-state index in [2.05, 4.69) is 27.4 Å². The van der Waals surface area contributed by atoms with E-state index in [0.717, 1.165) is 25.9 Å². The van der Waals surface area contributed by atoms with Crippen LogP contribution >= 0.6 is 11.6 Å². The van der Waals surface area contributed by atoms with Gasteiger partial charge in [-0.25, -0.2) is 9.49 Å². The number of hydrogen-bond acceptors (Lipinski definition) is 7. The number of hydrogen-bond donors (Lipinski definition) is 2. The number of nitriles is 2. The molecule has 5 rings (SSSR count). The van der Waals surface area contributed by atoms with Gasteiger partial charge < -0.3 is 10.6 Å². The summed E-state index contributed by atoms with van der Waals surface area (Å²) in [5.41, 5.74) is 7.87. The summed E-state index contributed by atoms with van der Waals surface area (Å²) in [5, 5.41) is 31.1. The minimum atomic E-state index is -0.733. The lowest BCUT2D eigenvalue weighted by Gasteiger charge is -2.22. The standard InChI is InChI=1S/C25H20ClFN8O/c1-34-24(22-16(10-29)20(8-18(26)23(22)27)35-4-2-3-5-35)17(12-31-34)13-6-14(9-28)21-15(7-13)19(11-30)32-33-25(21)36/h6-8,12H,2-5,11,30H2,1H3,(H,33,36). The number of halogens is 2. The summed E-state index contributed by atoms with van der Waals surface area (Å²) in [5.74, 6) is -0.733. The monoisotopic (exact) mass is 502 g/mol. The molecule has 0 atom stereocenters. The fourth-order valence-corrected chi connectivity index (χ4v) is 5.05. The molecule has 0 saturated carbocycles. The van der Waals surface area contributed by atoms with Crippen LogP contribution in [0.3, 0.4) is 0 Å². The molecule has 180 valence electrons. The summed E-state index contributed by atoms with van der Waals surface area (Å²) in [4.78, 5) is 14.5. The zero-order valence-corrected chi connectivity index (χ0v) is 20.0. The van der Waals surface area contributed by atoms with E-state index in [1.807, 2.05) is 4.90 Å². The molecule has 0 bridgehead atoms. The van der Waals surface area contributed by atoms with E-state index < -0.39 is 11.4 Å². The SMILES string of the molecule is Cn1ncc(-c2cc(C#N)c3c(=O)[nH]nc(CN)c3c2)c1-c1c(F)c(Cl)cc(N2CCCC2)c1C#N. The van der Waals surface area contributed by atoms with Crippen molar-refractivity contribution in [1.82, 2.24) is 20.0 Å². The second-order valence-corrected chi connectivity index (χ2v) is 8.95. The second-order valence-electron chi connectivity index (χ2n) is 8.54. The first-order valence-electron chi connectivity index (χ1n) is 11.2. The first-order valence-corrected chi connectivity index (χ1v) is 11.6. The van der Waals surface area contributed by atoms with Crippen molar-refractivity contribution in [3.63, 3.8) is 0 Å². The van der Waals surface area contributed by atoms with Crippen LogP contribution < -0.4 is 16.2 Å². The lowest BCUT2D eigenvalue weighted by Crippen LogP contribution is -2.19.